The van der Waals surface area contributed by atoms with Gasteiger partial charge in [0, 0.05) is 36.9 Å². The lowest BCUT2D eigenvalue weighted by atomic mass is 9.95. The summed E-state index contributed by atoms with van der Waals surface area (Å²) in [6.07, 6.45) is 9.03. The summed E-state index contributed by atoms with van der Waals surface area (Å²) < 4.78 is 5.03. The van der Waals surface area contributed by atoms with Crippen LogP contribution in [0.25, 0.3) is 0 Å². The van der Waals surface area contributed by atoms with Gasteiger partial charge in [-0.1, -0.05) is 19.3 Å². The maximum absolute atomic E-state index is 12.6. The average Bonchev–Trinajstić information content (AvgIpc) is 2.70. The molecule has 0 spiro atoms. The molecule has 1 aromatic heterocycles. The molecule has 2 fully saturated rings. The van der Waals surface area contributed by atoms with E-state index in [1.165, 1.54) is 19.3 Å². The Morgan fingerprint density at radius 1 is 1.15 bits per heavy atom. The van der Waals surface area contributed by atoms with Gasteiger partial charge in [0.1, 0.15) is 5.82 Å². The highest BCUT2D eigenvalue weighted by Gasteiger charge is 2.25. The SMILES string of the molecule is CCOC(=O)N1CCC(NC(=O)c2ccnc(NC3CCCCC3)c2)CC1. The molecule has 0 bridgehead atoms. The van der Waals surface area contributed by atoms with Crippen LogP contribution in [-0.2, 0) is 4.74 Å². The highest BCUT2D eigenvalue weighted by atomic mass is 16.6. The van der Waals surface area contributed by atoms with Crippen LogP contribution in [-0.4, -0.2) is 53.7 Å². The Balaban J connectivity index is 1.49. The number of hydrogen-bond acceptors (Lipinski definition) is 5. The lowest BCUT2D eigenvalue weighted by molar-refractivity contribution is 0.0860. The first kappa shape index (κ1) is 19.5. The summed E-state index contributed by atoms with van der Waals surface area (Å²) in [5.41, 5.74) is 0.621. The van der Waals surface area contributed by atoms with Crippen molar-refractivity contribution in [3.63, 3.8) is 0 Å². The lowest BCUT2D eigenvalue weighted by Crippen LogP contribution is -2.46. The number of pyridine rings is 1. The molecule has 7 nitrogen and oxygen atoms in total. The van der Waals surface area contributed by atoms with Gasteiger partial charge in [0.05, 0.1) is 6.61 Å². The quantitative estimate of drug-likeness (QED) is 0.827. The molecule has 1 aliphatic heterocycles. The Labute approximate surface area is 160 Å². The minimum atomic E-state index is -0.269. The maximum Gasteiger partial charge on any atom is 0.409 e. The van der Waals surface area contributed by atoms with Crippen LogP contribution in [0, 0.1) is 0 Å². The van der Waals surface area contributed by atoms with Crippen molar-refractivity contribution in [2.45, 2.75) is 64.0 Å². The minimum Gasteiger partial charge on any atom is -0.450 e. The van der Waals surface area contributed by atoms with Gasteiger partial charge in [-0.25, -0.2) is 9.78 Å². The van der Waals surface area contributed by atoms with Gasteiger partial charge in [0.25, 0.3) is 5.91 Å². The molecule has 1 aromatic rings. The second-order valence-corrected chi connectivity index (χ2v) is 7.34. The number of likely N-dealkylation sites (tertiary alicyclic amines) is 1. The molecule has 7 heteroatoms. The number of rotatable bonds is 5. The van der Waals surface area contributed by atoms with Gasteiger partial charge in [-0.3, -0.25) is 4.79 Å². The first-order valence-corrected chi connectivity index (χ1v) is 10.1. The Hall–Kier alpha value is -2.31. The molecule has 2 aliphatic rings. The van der Waals surface area contributed by atoms with Crippen LogP contribution in [0.4, 0.5) is 10.6 Å². The number of carbonyl (C=O) groups is 2. The van der Waals surface area contributed by atoms with Crippen molar-refractivity contribution < 1.29 is 14.3 Å². The largest absolute Gasteiger partial charge is 0.450 e. The van der Waals surface area contributed by atoms with Gasteiger partial charge in [-0.05, 0) is 44.7 Å². The Kier molecular flexibility index (Phi) is 6.90. The molecular formula is C20H30N4O3. The topological polar surface area (TPSA) is 83.6 Å². The Morgan fingerprint density at radius 2 is 1.89 bits per heavy atom. The van der Waals surface area contributed by atoms with Crippen LogP contribution >= 0.6 is 0 Å². The number of nitrogens with zero attached hydrogens (tertiary/aromatic N) is 2. The van der Waals surface area contributed by atoms with E-state index in [4.69, 9.17) is 4.74 Å². The van der Waals surface area contributed by atoms with E-state index >= 15 is 0 Å². The molecule has 0 aromatic carbocycles. The number of nitrogens with one attached hydrogen (secondary N) is 2. The smallest absolute Gasteiger partial charge is 0.409 e. The molecule has 1 saturated carbocycles. The van der Waals surface area contributed by atoms with Crippen molar-refractivity contribution in [3.05, 3.63) is 23.9 Å². The maximum atomic E-state index is 12.6. The summed E-state index contributed by atoms with van der Waals surface area (Å²) >= 11 is 0. The number of anilines is 1. The average molecular weight is 374 g/mol. The second-order valence-electron chi connectivity index (χ2n) is 7.34. The molecular weight excluding hydrogens is 344 g/mol. The van der Waals surface area contributed by atoms with Crippen molar-refractivity contribution >= 4 is 17.8 Å². The van der Waals surface area contributed by atoms with Crippen molar-refractivity contribution in [2.24, 2.45) is 0 Å². The second kappa shape index (κ2) is 9.58. The number of amides is 2. The van der Waals surface area contributed by atoms with Gasteiger partial charge in [0.15, 0.2) is 0 Å². The Bertz CT molecular complexity index is 638. The van der Waals surface area contributed by atoms with E-state index in [2.05, 4.69) is 15.6 Å². The van der Waals surface area contributed by atoms with Crippen molar-refractivity contribution in [2.75, 3.05) is 25.0 Å². The monoisotopic (exact) mass is 374 g/mol. The lowest BCUT2D eigenvalue weighted by Gasteiger charge is -2.31. The zero-order valence-corrected chi connectivity index (χ0v) is 16.1. The van der Waals surface area contributed by atoms with E-state index in [-0.39, 0.29) is 18.0 Å². The minimum absolute atomic E-state index is 0.0751. The molecule has 2 amide bonds. The number of piperidine rings is 1. The molecule has 3 rings (SSSR count). The van der Waals surface area contributed by atoms with E-state index < -0.39 is 0 Å². The summed E-state index contributed by atoms with van der Waals surface area (Å²) in [4.78, 5) is 30.4. The Morgan fingerprint density at radius 3 is 2.59 bits per heavy atom. The fourth-order valence-electron chi connectivity index (χ4n) is 3.80. The molecule has 148 valence electrons. The molecule has 0 unspecified atom stereocenters. The summed E-state index contributed by atoms with van der Waals surface area (Å²) in [6.45, 7) is 3.40. The number of ether oxygens (including phenoxy) is 1. The molecule has 1 saturated heterocycles. The van der Waals surface area contributed by atoms with E-state index in [9.17, 15) is 9.59 Å². The summed E-state index contributed by atoms with van der Waals surface area (Å²) in [5.74, 6) is 0.686. The predicted octanol–water partition coefficient (Wildman–Crippen LogP) is 3.18. The van der Waals surface area contributed by atoms with Crippen molar-refractivity contribution in [1.82, 2.24) is 15.2 Å². The number of carbonyl (C=O) groups excluding carboxylic acids is 2. The fourth-order valence-corrected chi connectivity index (χ4v) is 3.80. The first-order chi connectivity index (χ1) is 13.2. The fraction of sp³-hybridized carbons (Fsp3) is 0.650. The molecule has 2 N–H and O–H groups in total. The summed E-state index contributed by atoms with van der Waals surface area (Å²) in [5, 5.41) is 6.55. The molecule has 2 heterocycles. The summed E-state index contributed by atoms with van der Waals surface area (Å²) in [6, 6.07) is 4.11. The van der Waals surface area contributed by atoms with Crippen LogP contribution in [0.3, 0.4) is 0 Å². The van der Waals surface area contributed by atoms with Gasteiger partial charge in [0.2, 0.25) is 0 Å². The number of hydrogen-bond donors (Lipinski definition) is 2. The van der Waals surface area contributed by atoms with Gasteiger partial charge < -0.3 is 20.3 Å². The standard InChI is InChI=1S/C20H30N4O3/c1-2-27-20(26)24-12-9-17(10-13-24)23-19(25)15-8-11-21-18(14-15)22-16-6-4-3-5-7-16/h8,11,14,16-17H,2-7,9-10,12-13H2,1H3,(H,21,22)(H,23,25). The van der Waals surface area contributed by atoms with Gasteiger partial charge in [-0.2, -0.15) is 0 Å². The van der Waals surface area contributed by atoms with Gasteiger partial charge in [-0.15, -0.1) is 0 Å². The third-order valence-corrected chi connectivity index (χ3v) is 5.34. The van der Waals surface area contributed by atoms with Crippen LogP contribution in [0.15, 0.2) is 18.3 Å². The van der Waals surface area contributed by atoms with E-state index in [0.29, 0.717) is 31.3 Å². The third-order valence-electron chi connectivity index (χ3n) is 5.34. The zero-order valence-electron chi connectivity index (χ0n) is 16.1. The molecule has 0 radical (unpaired) electrons. The highest BCUT2D eigenvalue weighted by Crippen LogP contribution is 2.21. The van der Waals surface area contributed by atoms with E-state index in [1.54, 1.807) is 24.1 Å². The molecule has 0 atom stereocenters. The zero-order chi connectivity index (χ0) is 19.1. The van der Waals surface area contributed by atoms with Crippen LogP contribution < -0.4 is 10.6 Å². The number of aromatic nitrogens is 1. The third kappa shape index (κ3) is 5.58. The first-order valence-electron chi connectivity index (χ1n) is 10.1. The van der Waals surface area contributed by atoms with E-state index in [0.717, 1.165) is 31.5 Å². The normalized spacial score (nSPS) is 18.8. The molecule has 1 aliphatic carbocycles. The van der Waals surface area contributed by atoms with Gasteiger partial charge >= 0.3 is 6.09 Å². The van der Waals surface area contributed by atoms with Crippen molar-refractivity contribution in [3.8, 4) is 0 Å². The molecule has 27 heavy (non-hydrogen) atoms. The van der Waals surface area contributed by atoms with E-state index in [1.807, 2.05) is 6.07 Å². The van der Waals surface area contributed by atoms with Crippen LogP contribution in [0.5, 0.6) is 0 Å². The van der Waals surface area contributed by atoms with Crippen LogP contribution in [0.1, 0.15) is 62.2 Å². The highest BCUT2D eigenvalue weighted by molar-refractivity contribution is 5.95. The van der Waals surface area contributed by atoms with Crippen LogP contribution in [0.2, 0.25) is 0 Å². The predicted molar refractivity (Wildman–Crippen MR) is 104 cm³/mol. The van der Waals surface area contributed by atoms with Crippen molar-refractivity contribution in [1.29, 1.82) is 0 Å². The summed E-state index contributed by atoms with van der Waals surface area (Å²) in [7, 11) is 0.